The van der Waals surface area contributed by atoms with Crippen LogP contribution in [0.1, 0.15) is 18.4 Å². The summed E-state index contributed by atoms with van der Waals surface area (Å²) < 4.78 is 5.64. The van der Waals surface area contributed by atoms with Crippen molar-refractivity contribution in [1.82, 2.24) is 10.3 Å². The zero-order chi connectivity index (χ0) is 10.7. The van der Waals surface area contributed by atoms with Crippen molar-refractivity contribution in [3.63, 3.8) is 0 Å². The van der Waals surface area contributed by atoms with E-state index >= 15 is 0 Å². The van der Waals surface area contributed by atoms with Crippen molar-refractivity contribution >= 4 is 11.3 Å². The second kappa shape index (κ2) is 4.59. The van der Waals surface area contributed by atoms with Crippen molar-refractivity contribution < 1.29 is 4.42 Å². The van der Waals surface area contributed by atoms with Gasteiger partial charge in [-0.2, -0.15) is 11.3 Å². The van der Waals surface area contributed by atoms with Gasteiger partial charge in [-0.3, -0.25) is 0 Å². The predicted molar refractivity (Wildman–Crippen MR) is 61.9 cm³/mol. The Labute approximate surface area is 93.2 Å². The lowest BCUT2D eigenvalue weighted by molar-refractivity contribution is 0.482. The molecule has 0 amide bonds. The van der Waals surface area contributed by atoms with Gasteiger partial charge in [-0.25, -0.2) is 4.98 Å². The summed E-state index contributed by atoms with van der Waals surface area (Å²) in [7, 11) is 0. The molecule has 0 bridgehead atoms. The summed E-state index contributed by atoms with van der Waals surface area (Å²) in [4.78, 5) is 4.23. The first-order valence-electron chi connectivity index (χ1n) is 5.00. The third kappa shape index (κ3) is 2.27. The molecule has 80 valence electrons. The number of thiophene rings is 1. The first-order valence-corrected chi connectivity index (χ1v) is 5.94. The molecule has 0 aromatic carbocycles. The van der Waals surface area contributed by atoms with Crippen molar-refractivity contribution in [2.45, 2.75) is 20.4 Å². The molecule has 0 saturated heterocycles. The van der Waals surface area contributed by atoms with Gasteiger partial charge in [-0.15, -0.1) is 0 Å². The average Bonchev–Trinajstić information content (AvgIpc) is 2.83. The summed E-state index contributed by atoms with van der Waals surface area (Å²) >= 11 is 1.68. The number of rotatable bonds is 4. The Kier molecular flexibility index (Phi) is 3.18. The molecular formula is C11H14N2OS. The number of nitrogens with one attached hydrogen (secondary N) is 1. The molecule has 15 heavy (non-hydrogen) atoms. The standard InChI is InChI=1S/C11H14N2OS/c1-3-12-5-11-13-4-10(14-11)9-7-15-6-8(9)2/h4,6-7,12H,3,5H2,1-2H3. The highest BCUT2D eigenvalue weighted by molar-refractivity contribution is 7.08. The van der Waals surface area contributed by atoms with Crippen LogP contribution in [-0.4, -0.2) is 11.5 Å². The molecule has 2 rings (SSSR count). The summed E-state index contributed by atoms with van der Waals surface area (Å²) in [6.07, 6.45) is 1.79. The van der Waals surface area contributed by atoms with E-state index in [0.717, 1.165) is 23.8 Å². The third-order valence-corrected chi connectivity index (χ3v) is 3.06. The van der Waals surface area contributed by atoms with Crippen LogP contribution in [0.5, 0.6) is 0 Å². The minimum absolute atomic E-state index is 0.694. The van der Waals surface area contributed by atoms with Gasteiger partial charge in [0.2, 0.25) is 5.89 Å². The molecule has 2 heterocycles. The summed E-state index contributed by atoms with van der Waals surface area (Å²) in [6.45, 7) is 5.76. The number of hydrogen-bond acceptors (Lipinski definition) is 4. The molecule has 0 aliphatic heterocycles. The Morgan fingerprint density at radius 3 is 3.00 bits per heavy atom. The molecule has 0 saturated carbocycles. The van der Waals surface area contributed by atoms with Gasteiger partial charge < -0.3 is 9.73 Å². The van der Waals surface area contributed by atoms with Crippen molar-refractivity contribution in [3.05, 3.63) is 28.4 Å². The molecule has 0 spiro atoms. The first kappa shape index (κ1) is 10.4. The van der Waals surface area contributed by atoms with Gasteiger partial charge >= 0.3 is 0 Å². The second-order valence-corrected chi connectivity index (χ2v) is 4.11. The van der Waals surface area contributed by atoms with E-state index in [-0.39, 0.29) is 0 Å². The number of oxazole rings is 1. The fraction of sp³-hybridized carbons (Fsp3) is 0.364. The molecule has 2 aromatic heterocycles. The fourth-order valence-electron chi connectivity index (χ4n) is 1.36. The van der Waals surface area contributed by atoms with Gasteiger partial charge in [0.05, 0.1) is 12.7 Å². The maximum absolute atomic E-state index is 5.64. The summed E-state index contributed by atoms with van der Waals surface area (Å²) in [6, 6.07) is 0. The van der Waals surface area contributed by atoms with E-state index in [0.29, 0.717) is 6.54 Å². The zero-order valence-corrected chi connectivity index (χ0v) is 9.73. The van der Waals surface area contributed by atoms with E-state index in [9.17, 15) is 0 Å². The van der Waals surface area contributed by atoms with E-state index in [1.165, 1.54) is 5.56 Å². The smallest absolute Gasteiger partial charge is 0.208 e. The predicted octanol–water partition coefficient (Wildman–Crippen LogP) is 2.82. The number of nitrogens with zero attached hydrogens (tertiary/aromatic N) is 1. The Hall–Kier alpha value is -1.13. The van der Waals surface area contributed by atoms with Gasteiger partial charge in [0.1, 0.15) is 0 Å². The van der Waals surface area contributed by atoms with Crippen LogP contribution < -0.4 is 5.32 Å². The van der Waals surface area contributed by atoms with Crippen LogP contribution in [0.2, 0.25) is 0 Å². The molecule has 0 aliphatic carbocycles. The van der Waals surface area contributed by atoms with E-state index in [1.54, 1.807) is 17.5 Å². The zero-order valence-electron chi connectivity index (χ0n) is 8.91. The van der Waals surface area contributed by atoms with Gasteiger partial charge in [-0.1, -0.05) is 6.92 Å². The highest BCUT2D eigenvalue weighted by Crippen LogP contribution is 2.27. The van der Waals surface area contributed by atoms with Gasteiger partial charge in [0.15, 0.2) is 5.76 Å². The van der Waals surface area contributed by atoms with Crippen LogP contribution >= 0.6 is 11.3 Å². The fourth-order valence-corrected chi connectivity index (χ4v) is 2.20. The number of aromatic nitrogens is 1. The lowest BCUT2D eigenvalue weighted by atomic mass is 10.2. The monoisotopic (exact) mass is 222 g/mol. The van der Waals surface area contributed by atoms with E-state index in [4.69, 9.17) is 4.42 Å². The topological polar surface area (TPSA) is 38.1 Å². The summed E-state index contributed by atoms with van der Waals surface area (Å²) in [5.41, 5.74) is 2.39. The highest BCUT2D eigenvalue weighted by Gasteiger charge is 2.08. The average molecular weight is 222 g/mol. The normalized spacial score (nSPS) is 10.8. The molecule has 4 heteroatoms. The minimum atomic E-state index is 0.694. The quantitative estimate of drug-likeness (QED) is 0.864. The summed E-state index contributed by atoms with van der Waals surface area (Å²) in [5, 5.41) is 7.39. The van der Waals surface area contributed by atoms with Gasteiger partial charge in [0.25, 0.3) is 0 Å². The van der Waals surface area contributed by atoms with Gasteiger partial charge in [-0.05, 0) is 24.4 Å². The van der Waals surface area contributed by atoms with Gasteiger partial charge in [0, 0.05) is 10.9 Å². The molecule has 0 fully saturated rings. The molecule has 1 N–H and O–H groups in total. The lowest BCUT2D eigenvalue weighted by Gasteiger charge is -1.95. The SMILES string of the molecule is CCNCc1ncc(-c2cscc2C)o1. The van der Waals surface area contributed by atoms with Crippen molar-refractivity contribution in [2.75, 3.05) is 6.54 Å². The third-order valence-electron chi connectivity index (χ3n) is 2.20. The molecule has 0 unspecified atom stereocenters. The maximum Gasteiger partial charge on any atom is 0.208 e. The largest absolute Gasteiger partial charge is 0.439 e. The molecular weight excluding hydrogens is 208 g/mol. The molecule has 0 radical (unpaired) electrons. The van der Waals surface area contributed by atoms with Crippen molar-refractivity contribution in [1.29, 1.82) is 0 Å². The highest BCUT2D eigenvalue weighted by atomic mass is 32.1. The van der Waals surface area contributed by atoms with Crippen LogP contribution in [0, 0.1) is 6.92 Å². The number of aryl methyl sites for hydroxylation is 1. The Morgan fingerprint density at radius 1 is 1.47 bits per heavy atom. The van der Waals surface area contributed by atoms with E-state index in [1.807, 2.05) is 0 Å². The van der Waals surface area contributed by atoms with Crippen LogP contribution in [-0.2, 0) is 6.54 Å². The van der Waals surface area contributed by atoms with Crippen LogP contribution in [0.3, 0.4) is 0 Å². The molecule has 2 aromatic rings. The Bertz CT molecular complexity index is 433. The Balaban J connectivity index is 2.17. The van der Waals surface area contributed by atoms with Crippen molar-refractivity contribution in [2.24, 2.45) is 0 Å². The Morgan fingerprint density at radius 2 is 2.33 bits per heavy atom. The second-order valence-electron chi connectivity index (χ2n) is 3.37. The minimum Gasteiger partial charge on any atom is -0.439 e. The van der Waals surface area contributed by atoms with Crippen LogP contribution in [0.4, 0.5) is 0 Å². The van der Waals surface area contributed by atoms with Crippen LogP contribution in [0.15, 0.2) is 21.4 Å². The summed E-state index contributed by atoms with van der Waals surface area (Å²) in [5.74, 6) is 1.61. The van der Waals surface area contributed by atoms with E-state index < -0.39 is 0 Å². The molecule has 3 nitrogen and oxygen atoms in total. The molecule has 0 atom stereocenters. The maximum atomic E-state index is 5.64. The van der Waals surface area contributed by atoms with E-state index in [2.05, 4.69) is 34.9 Å². The first-order chi connectivity index (χ1) is 7.31. The lowest BCUT2D eigenvalue weighted by Crippen LogP contribution is -2.11. The van der Waals surface area contributed by atoms with Crippen LogP contribution in [0.25, 0.3) is 11.3 Å². The van der Waals surface area contributed by atoms with Crippen molar-refractivity contribution in [3.8, 4) is 11.3 Å². The molecule has 0 aliphatic rings. The number of hydrogen-bond donors (Lipinski definition) is 1.